The van der Waals surface area contributed by atoms with Gasteiger partial charge in [-0.15, -0.1) is 0 Å². The number of carbonyl (C=O) groups is 3. The molecule has 1 unspecified atom stereocenters. The Labute approximate surface area is 148 Å². The smallest absolute Gasteiger partial charge is 0.249 e. The Morgan fingerprint density at radius 1 is 1.16 bits per heavy atom. The fraction of sp³-hybridized carbons (Fsp3) is 0.500. The van der Waals surface area contributed by atoms with Crippen molar-refractivity contribution in [3.8, 4) is 0 Å². The van der Waals surface area contributed by atoms with Crippen LogP contribution in [0.5, 0.6) is 0 Å². The molecule has 2 heterocycles. The highest BCUT2D eigenvalue weighted by molar-refractivity contribution is 6.19. The molecule has 2 fully saturated rings. The summed E-state index contributed by atoms with van der Waals surface area (Å²) in [6.45, 7) is 1.49. The van der Waals surface area contributed by atoms with Crippen molar-refractivity contribution in [2.24, 2.45) is 0 Å². The predicted octanol–water partition coefficient (Wildman–Crippen LogP) is 1.20. The third-order valence-corrected chi connectivity index (χ3v) is 4.98. The molecule has 0 spiro atoms. The van der Waals surface area contributed by atoms with Crippen molar-refractivity contribution < 1.29 is 14.4 Å². The maximum atomic E-state index is 11.8. The molecule has 2 saturated heterocycles. The van der Waals surface area contributed by atoms with E-state index in [1.54, 1.807) is 0 Å². The van der Waals surface area contributed by atoms with E-state index in [1.165, 1.54) is 5.56 Å². The highest BCUT2D eigenvalue weighted by atomic mass is 16.2. The molecule has 0 saturated carbocycles. The summed E-state index contributed by atoms with van der Waals surface area (Å²) in [5, 5.41) is 5.53. The number of imide groups is 1. The summed E-state index contributed by atoms with van der Waals surface area (Å²) < 4.78 is 0. The number of rotatable bonds is 4. The first-order valence-corrected chi connectivity index (χ1v) is 8.75. The molecule has 1 aromatic rings. The lowest BCUT2D eigenvalue weighted by Crippen LogP contribution is -2.47. The van der Waals surface area contributed by atoms with Crippen LogP contribution in [0.4, 0.5) is 5.69 Å². The minimum atomic E-state index is -0.367. The van der Waals surface area contributed by atoms with Gasteiger partial charge in [0.2, 0.25) is 17.7 Å². The van der Waals surface area contributed by atoms with Crippen LogP contribution in [0, 0.1) is 0 Å². The van der Waals surface area contributed by atoms with Crippen LogP contribution in [0.25, 0.3) is 0 Å². The Morgan fingerprint density at radius 3 is 2.44 bits per heavy atom. The Kier molecular flexibility index (Phi) is 5.41. The maximum Gasteiger partial charge on any atom is 0.249 e. The van der Waals surface area contributed by atoms with Gasteiger partial charge in [-0.3, -0.25) is 19.7 Å². The molecule has 7 heteroatoms. The normalized spacial score (nSPS) is 21.8. The second-order valence-electron chi connectivity index (χ2n) is 6.63. The minimum absolute atomic E-state index is 0.0160. The summed E-state index contributed by atoms with van der Waals surface area (Å²) in [6, 6.07) is 7.71. The van der Waals surface area contributed by atoms with Gasteiger partial charge in [-0.2, -0.15) is 0 Å². The molecule has 25 heavy (non-hydrogen) atoms. The number of benzene rings is 1. The minimum Gasteiger partial charge on any atom is -0.374 e. The zero-order valence-corrected chi connectivity index (χ0v) is 14.2. The van der Waals surface area contributed by atoms with Gasteiger partial charge in [0.15, 0.2) is 0 Å². The van der Waals surface area contributed by atoms with Gasteiger partial charge in [-0.05, 0) is 49.2 Å². The summed E-state index contributed by atoms with van der Waals surface area (Å²) in [6.07, 6.45) is 2.82. The van der Waals surface area contributed by atoms with E-state index in [9.17, 15) is 14.4 Å². The van der Waals surface area contributed by atoms with Gasteiger partial charge in [-0.1, -0.05) is 12.1 Å². The first kappa shape index (κ1) is 17.5. The number of piperidine rings is 2. The molecule has 2 aliphatic heterocycles. The average Bonchev–Trinajstić information content (AvgIpc) is 2.64. The van der Waals surface area contributed by atoms with E-state index in [0.717, 1.165) is 31.6 Å². The van der Waals surface area contributed by atoms with Crippen LogP contribution in [0.3, 0.4) is 0 Å². The first-order chi connectivity index (χ1) is 12.1. The molecule has 3 rings (SSSR count). The van der Waals surface area contributed by atoms with Crippen molar-refractivity contribution >= 4 is 31.3 Å². The number of anilines is 1. The van der Waals surface area contributed by atoms with Crippen LogP contribution >= 0.6 is 0 Å². The molecule has 0 aliphatic carbocycles. The molecule has 1 atom stereocenters. The first-order valence-electron chi connectivity index (χ1n) is 8.75. The standard InChI is InChI=1S/C18H22BN3O3/c19-11-17(24)22-9-7-13(8-10-22)12-1-3-14(4-2-12)20-15-5-6-16(23)21-18(15)25/h1-4,13,15,20H,5-11H2,(H,21,23,25). The molecule has 2 radical (unpaired) electrons. The van der Waals surface area contributed by atoms with Gasteiger partial charge in [0.25, 0.3) is 0 Å². The highest BCUT2D eigenvalue weighted by Gasteiger charge is 2.26. The molecular weight excluding hydrogens is 317 g/mol. The molecule has 6 nitrogen and oxygen atoms in total. The number of hydrogen-bond acceptors (Lipinski definition) is 4. The zero-order valence-electron chi connectivity index (χ0n) is 14.2. The van der Waals surface area contributed by atoms with Crippen LogP contribution in [0.2, 0.25) is 6.32 Å². The van der Waals surface area contributed by atoms with Gasteiger partial charge in [0.05, 0.1) is 7.85 Å². The van der Waals surface area contributed by atoms with Crippen molar-refractivity contribution in [3.05, 3.63) is 29.8 Å². The van der Waals surface area contributed by atoms with E-state index in [4.69, 9.17) is 7.85 Å². The third-order valence-electron chi connectivity index (χ3n) is 4.98. The van der Waals surface area contributed by atoms with Gasteiger partial charge >= 0.3 is 0 Å². The topological polar surface area (TPSA) is 78.5 Å². The highest BCUT2D eigenvalue weighted by Crippen LogP contribution is 2.29. The summed E-state index contributed by atoms with van der Waals surface area (Å²) in [5.41, 5.74) is 2.11. The second-order valence-corrected chi connectivity index (χ2v) is 6.63. The molecule has 0 bridgehead atoms. The lowest BCUT2D eigenvalue weighted by molar-refractivity contribution is -0.133. The van der Waals surface area contributed by atoms with E-state index in [-0.39, 0.29) is 30.1 Å². The summed E-state index contributed by atoms with van der Waals surface area (Å²) in [7, 11) is 5.41. The predicted molar refractivity (Wildman–Crippen MR) is 95.4 cm³/mol. The van der Waals surface area contributed by atoms with Crippen molar-refractivity contribution in [1.29, 1.82) is 0 Å². The number of nitrogens with one attached hydrogen (secondary N) is 2. The quantitative estimate of drug-likeness (QED) is 0.638. The van der Waals surface area contributed by atoms with Crippen molar-refractivity contribution in [2.45, 2.75) is 44.0 Å². The van der Waals surface area contributed by atoms with Crippen LogP contribution < -0.4 is 10.6 Å². The van der Waals surface area contributed by atoms with Crippen LogP contribution in [0.15, 0.2) is 24.3 Å². The van der Waals surface area contributed by atoms with E-state index in [0.29, 0.717) is 18.8 Å². The van der Waals surface area contributed by atoms with Crippen molar-refractivity contribution in [1.82, 2.24) is 10.2 Å². The molecule has 130 valence electrons. The number of likely N-dealkylation sites (tertiary alicyclic amines) is 1. The van der Waals surface area contributed by atoms with E-state index in [1.807, 2.05) is 17.0 Å². The van der Waals surface area contributed by atoms with Gasteiger partial charge in [-0.25, -0.2) is 0 Å². The molecule has 0 aromatic heterocycles. The molecular formula is C18H22BN3O3. The number of nitrogens with zero attached hydrogens (tertiary/aromatic N) is 1. The number of amides is 3. The summed E-state index contributed by atoms with van der Waals surface area (Å²) in [5.74, 6) is -0.0242. The largest absolute Gasteiger partial charge is 0.374 e. The Hall–Kier alpha value is -2.31. The van der Waals surface area contributed by atoms with Gasteiger partial charge in [0.1, 0.15) is 6.04 Å². The Bertz CT molecular complexity index is 654. The van der Waals surface area contributed by atoms with Crippen molar-refractivity contribution in [2.75, 3.05) is 18.4 Å². The van der Waals surface area contributed by atoms with E-state index in [2.05, 4.69) is 22.8 Å². The Morgan fingerprint density at radius 2 is 1.84 bits per heavy atom. The number of hydrogen-bond donors (Lipinski definition) is 2. The fourth-order valence-corrected chi connectivity index (χ4v) is 3.48. The van der Waals surface area contributed by atoms with E-state index >= 15 is 0 Å². The molecule has 2 N–H and O–H groups in total. The summed E-state index contributed by atoms with van der Waals surface area (Å²) in [4.78, 5) is 36.4. The lowest BCUT2D eigenvalue weighted by Gasteiger charge is -2.32. The second kappa shape index (κ2) is 7.72. The fourth-order valence-electron chi connectivity index (χ4n) is 3.48. The maximum absolute atomic E-state index is 11.8. The van der Waals surface area contributed by atoms with Crippen LogP contribution in [0.1, 0.15) is 37.2 Å². The molecule has 3 amide bonds. The Balaban J connectivity index is 1.55. The number of carbonyl (C=O) groups excluding carboxylic acids is 3. The van der Waals surface area contributed by atoms with Crippen LogP contribution in [-0.4, -0.2) is 49.6 Å². The zero-order chi connectivity index (χ0) is 17.8. The molecule has 2 aliphatic rings. The average molecular weight is 339 g/mol. The third kappa shape index (κ3) is 4.21. The van der Waals surface area contributed by atoms with Gasteiger partial charge in [0, 0.05) is 25.2 Å². The van der Waals surface area contributed by atoms with E-state index < -0.39 is 0 Å². The van der Waals surface area contributed by atoms with Crippen LogP contribution in [-0.2, 0) is 14.4 Å². The SMILES string of the molecule is [B]CC(=O)N1CCC(c2ccc(NC3CCC(=O)NC3=O)cc2)CC1. The monoisotopic (exact) mass is 339 g/mol. The summed E-state index contributed by atoms with van der Waals surface area (Å²) >= 11 is 0. The molecule has 1 aromatic carbocycles. The van der Waals surface area contributed by atoms with Gasteiger partial charge < -0.3 is 10.2 Å². The lowest BCUT2D eigenvalue weighted by atomic mass is 9.88. The van der Waals surface area contributed by atoms with Crippen molar-refractivity contribution in [3.63, 3.8) is 0 Å².